The molecule has 162 valence electrons. The molecule has 1 unspecified atom stereocenters. The SMILES string of the molecule is CC1CC(=O)Nc2ccccc2N1C(=O)CN1CCN(C(=O)c2cccc(Cl)c2)CC1. The van der Waals surface area contributed by atoms with E-state index >= 15 is 0 Å². The molecule has 8 heteroatoms. The van der Waals surface area contributed by atoms with Gasteiger partial charge in [0, 0.05) is 49.2 Å². The lowest BCUT2D eigenvalue weighted by molar-refractivity contribution is -0.120. The van der Waals surface area contributed by atoms with Gasteiger partial charge in [0.2, 0.25) is 11.8 Å². The summed E-state index contributed by atoms with van der Waals surface area (Å²) in [6, 6.07) is 14.1. The first-order valence-corrected chi connectivity index (χ1v) is 10.8. The van der Waals surface area contributed by atoms with Gasteiger partial charge in [-0.25, -0.2) is 0 Å². The van der Waals surface area contributed by atoms with E-state index in [1.807, 2.05) is 31.2 Å². The van der Waals surface area contributed by atoms with Crippen molar-refractivity contribution in [1.29, 1.82) is 0 Å². The van der Waals surface area contributed by atoms with Crippen LogP contribution in [0.15, 0.2) is 48.5 Å². The van der Waals surface area contributed by atoms with Gasteiger partial charge in [-0.15, -0.1) is 0 Å². The molecule has 2 heterocycles. The Kier molecular flexibility index (Phi) is 6.25. The first-order valence-electron chi connectivity index (χ1n) is 10.4. The summed E-state index contributed by atoms with van der Waals surface area (Å²) in [4.78, 5) is 43.6. The molecule has 2 aliphatic heterocycles. The van der Waals surface area contributed by atoms with Gasteiger partial charge in [0.15, 0.2) is 0 Å². The zero-order valence-corrected chi connectivity index (χ0v) is 18.1. The zero-order chi connectivity index (χ0) is 22.0. The van der Waals surface area contributed by atoms with Gasteiger partial charge in [-0.1, -0.05) is 29.8 Å². The predicted molar refractivity (Wildman–Crippen MR) is 120 cm³/mol. The Labute approximate surface area is 186 Å². The highest BCUT2D eigenvalue weighted by atomic mass is 35.5. The van der Waals surface area contributed by atoms with Crippen LogP contribution in [-0.4, -0.2) is 66.3 Å². The highest BCUT2D eigenvalue weighted by Gasteiger charge is 2.31. The Hall–Kier alpha value is -2.90. The predicted octanol–water partition coefficient (Wildman–Crippen LogP) is 2.86. The van der Waals surface area contributed by atoms with Crippen molar-refractivity contribution in [2.45, 2.75) is 19.4 Å². The molecule has 0 radical (unpaired) electrons. The van der Waals surface area contributed by atoms with Gasteiger partial charge < -0.3 is 15.1 Å². The van der Waals surface area contributed by atoms with E-state index in [4.69, 9.17) is 11.6 Å². The lowest BCUT2D eigenvalue weighted by Crippen LogP contribution is -2.52. The van der Waals surface area contributed by atoms with Crippen molar-refractivity contribution in [3.8, 4) is 0 Å². The van der Waals surface area contributed by atoms with Crippen molar-refractivity contribution in [3.05, 3.63) is 59.1 Å². The van der Waals surface area contributed by atoms with Gasteiger partial charge in [0.1, 0.15) is 0 Å². The van der Waals surface area contributed by atoms with E-state index in [0.29, 0.717) is 42.5 Å². The van der Waals surface area contributed by atoms with Crippen molar-refractivity contribution in [2.24, 2.45) is 0 Å². The van der Waals surface area contributed by atoms with Crippen molar-refractivity contribution >= 4 is 40.7 Å². The molecule has 7 nitrogen and oxygen atoms in total. The molecule has 0 saturated carbocycles. The molecule has 0 spiro atoms. The third kappa shape index (κ3) is 4.73. The van der Waals surface area contributed by atoms with Crippen LogP contribution in [0.3, 0.4) is 0 Å². The fourth-order valence-corrected chi connectivity index (χ4v) is 4.34. The van der Waals surface area contributed by atoms with E-state index in [9.17, 15) is 14.4 Å². The van der Waals surface area contributed by atoms with Crippen LogP contribution < -0.4 is 10.2 Å². The molecule has 1 saturated heterocycles. The minimum absolute atomic E-state index is 0.0480. The number of hydrogen-bond donors (Lipinski definition) is 1. The number of nitrogens with zero attached hydrogens (tertiary/aromatic N) is 3. The van der Waals surface area contributed by atoms with Crippen molar-refractivity contribution < 1.29 is 14.4 Å². The molecule has 0 aliphatic carbocycles. The third-order valence-corrected chi connectivity index (χ3v) is 5.95. The van der Waals surface area contributed by atoms with Crippen LogP contribution in [0.4, 0.5) is 11.4 Å². The topological polar surface area (TPSA) is 73.0 Å². The number of hydrogen-bond acceptors (Lipinski definition) is 4. The highest BCUT2D eigenvalue weighted by Crippen LogP contribution is 2.31. The van der Waals surface area contributed by atoms with E-state index in [1.165, 1.54) is 0 Å². The molecule has 2 aliphatic rings. The van der Waals surface area contributed by atoms with Crippen LogP contribution in [0.1, 0.15) is 23.7 Å². The molecule has 4 rings (SSSR count). The van der Waals surface area contributed by atoms with E-state index in [1.54, 1.807) is 34.1 Å². The fraction of sp³-hybridized carbons (Fsp3) is 0.348. The Morgan fingerprint density at radius 3 is 2.55 bits per heavy atom. The number of nitrogens with one attached hydrogen (secondary N) is 1. The van der Waals surface area contributed by atoms with Crippen LogP contribution in [-0.2, 0) is 9.59 Å². The smallest absolute Gasteiger partial charge is 0.253 e. The highest BCUT2D eigenvalue weighted by molar-refractivity contribution is 6.31. The Bertz CT molecular complexity index is 1000. The average molecular weight is 441 g/mol. The standard InChI is InChI=1S/C23H25ClN4O3/c1-16-13-21(29)25-19-7-2-3-8-20(19)28(16)22(30)15-26-9-11-27(12-10-26)23(31)17-5-4-6-18(24)14-17/h2-8,14,16H,9-13,15H2,1H3,(H,25,29). The summed E-state index contributed by atoms with van der Waals surface area (Å²) >= 11 is 6.00. The van der Waals surface area contributed by atoms with Gasteiger partial charge in [0.25, 0.3) is 5.91 Å². The van der Waals surface area contributed by atoms with E-state index < -0.39 is 0 Å². The summed E-state index contributed by atoms with van der Waals surface area (Å²) in [5.41, 5.74) is 1.95. The number of benzene rings is 2. The van der Waals surface area contributed by atoms with E-state index in [2.05, 4.69) is 10.2 Å². The number of anilines is 2. The minimum Gasteiger partial charge on any atom is -0.336 e. The second-order valence-electron chi connectivity index (χ2n) is 7.96. The average Bonchev–Trinajstić information content (AvgIpc) is 2.87. The second-order valence-corrected chi connectivity index (χ2v) is 8.40. The lowest BCUT2D eigenvalue weighted by atomic mass is 10.1. The van der Waals surface area contributed by atoms with Gasteiger partial charge in [-0.3, -0.25) is 19.3 Å². The fourth-order valence-electron chi connectivity index (χ4n) is 4.15. The number of piperazine rings is 1. The van der Waals surface area contributed by atoms with Gasteiger partial charge in [-0.2, -0.15) is 0 Å². The van der Waals surface area contributed by atoms with Crippen molar-refractivity contribution in [2.75, 3.05) is 42.9 Å². The quantitative estimate of drug-likeness (QED) is 0.796. The largest absolute Gasteiger partial charge is 0.336 e. The number of carbonyl (C=O) groups is 3. The van der Waals surface area contributed by atoms with Crippen LogP contribution in [0.25, 0.3) is 0 Å². The maximum absolute atomic E-state index is 13.2. The number of para-hydroxylation sites is 2. The lowest BCUT2D eigenvalue weighted by Gasteiger charge is -2.36. The normalized spacial score (nSPS) is 19.4. The third-order valence-electron chi connectivity index (χ3n) is 5.72. The molecule has 1 fully saturated rings. The van der Waals surface area contributed by atoms with Crippen molar-refractivity contribution in [1.82, 2.24) is 9.80 Å². The monoisotopic (exact) mass is 440 g/mol. The van der Waals surface area contributed by atoms with Crippen LogP contribution >= 0.6 is 11.6 Å². The van der Waals surface area contributed by atoms with Crippen molar-refractivity contribution in [3.63, 3.8) is 0 Å². The van der Waals surface area contributed by atoms with Gasteiger partial charge in [0.05, 0.1) is 17.9 Å². The summed E-state index contributed by atoms with van der Waals surface area (Å²) in [5, 5.41) is 3.42. The van der Waals surface area contributed by atoms with Crippen LogP contribution in [0, 0.1) is 0 Å². The first kappa shape index (κ1) is 21.3. The number of rotatable bonds is 3. The summed E-state index contributed by atoms with van der Waals surface area (Å²) in [6.07, 6.45) is 0.252. The summed E-state index contributed by atoms with van der Waals surface area (Å²) in [5.74, 6) is -0.192. The number of halogens is 1. The maximum atomic E-state index is 13.2. The Morgan fingerprint density at radius 1 is 1.06 bits per heavy atom. The number of amides is 3. The van der Waals surface area contributed by atoms with E-state index in [0.717, 1.165) is 5.69 Å². The Morgan fingerprint density at radius 2 is 1.81 bits per heavy atom. The number of carbonyl (C=O) groups excluding carboxylic acids is 3. The van der Waals surface area contributed by atoms with Gasteiger partial charge in [-0.05, 0) is 37.3 Å². The molecule has 3 amide bonds. The maximum Gasteiger partial charge on any atom is 0.253 e. The molecule has 0 aromatic heterocycles. The molecular weight excluding hydrogens is 416 g/mol. The summed E-state index contributed by atoms with van der Waals surface area (Å²) < 4.78 is 0. The minimum atomic E-state index is -0.234. The first-order chi connectivity index (χ1) is 14.9. The summed E-state index contributed by atoms with van der Waals surface area (Å²) in [6.45, 7) is 4.45. The molecule has 2 aromatic rings. The molecule has 2 aromatic carbocycles. The second kappa shape index (κ2) is 9.08. The molecule has 31 heavy (non-hydrogen) atoms. The molecule has 1 atom stereocenters. The summed E-state index contributed by atoms with van der Waals surface area (Å²) in [7, 11) is 0. The van der Waals surface area contributed by atoms with Gasteiger partial charge >= 0.3 is 0 Å². The van der Waals surface area contributed by atoms with Crippen LogP contribution in [0.2, 0.25) is 5.02 Å². The number of fused-ring (bicyclic) bond motifs is 1. The molecule has 0 bridgehead atoms. The van der Waals surface area contributed by atoms with E-state index in [-0.39, 0.29) is 36.7 Å². The molecular formula is C23H25ClN4O3. The zero-order valence-electron chi connectivity index (χ0n) is 17.4. The van der Waals surface area contributed by atoms with Crippen LogP contribution in [0.5, 0.6) is 0 Å². The molecule has 1 N–H and O–H groups in total. The Balaban J connectivity index is 1.40.